The summed E-state index contributed by atoms with van der Waals surface area (Å²) in [5.74, 6) is 1.80. The Labute approximate surface area is 130 Å². The summed E-state index contributed by atoms with van der Waals surface area (Å²) in [6, 6.07) is 8.31. The molecular weight excluding hydrogens is 276 g/mol. The topological polar surface area (TPSA) is 34.2 Å². The molecule has 1 aromatic heterocycles. The van der Waals surface area contributed by atoms with Crippen molar-refractivity contribution in [3.63, 3.8) is 0 Å². The fraction of sp³-hybridized carbons (Fsp3) is 0.500. The molecule has 4 heteroatoms. The van der Waals surface area contributed by atoms with E-state index in [0.717, 1.165) is 34.7 Å². The first-order valence-electron chi connectivity index (χ1n) is 8.09. The molecule has 0 bridgehead atoms. The Balaban J connectivity index is 1.48. The van der Waals surface area contributed by atoms with E-state index in [2.05, 4.69) is 4.90 Å². The van der Waals surface area contributed by atoms with Crippen molar-refractivity contribution in [3.8, 4) is 5.75 Å². The van der Waals surface area contributed by atoms with Crippen LogP contribution in [-0.2, 0) is 7.05 Å². The van der Waals surface area contributed by atoms with Crippen LogP contribution in [0.15, 0.2) is 29.1 Å². The zero-order chi connectivity index (χ0) is 15.3. The highest BCUT2D eigenvalue weighted by Gasteiger charge is 2.38. The number of pyridine rings is 1. The lowest BCUT2D eigenvalue weighted by atomic mass is 10.1. The molecule has 4 nitrogen and oxygen atoms in total. The number of fused-ring (bicyclic) bond motifs is 1. The van der Waals surface area contributed by atoms with Gasteiger partial charge in [-0.15, -0.1) is 0 Å². The number of hydrogen-bond acceptors (Lipinski definition) is 3. The predicted molar refractivity (Wildman–Crippen MR) is 87.5 cm³/mol. The monoisotopic (exact) mass is 298 g/mol. The molecule has 116 valence electrons. The molecule has 0 spiro atoms. The second kappa shape index (κ2) is 5.13. The van der Waals surface area contributed by atoms with Gasteiger partial charge in [-0.25, -0.2) is 0 Å². The fourth-order valence-electron chi connectivity index (χ4n) is 3.12. The summed E-state index contributed by atoms with van der Waals surface area (Å²) >= 11 is 0. The van der Waals surface area contributed by atoms with E-state index < -0.39 is 0 Å². The molecule has 0 N–H and O–H groups in total. The Morgan fingerprint density at radius 2 is 2.09 bits per heavy atom. The van der Waals surface area contributed by atoms with Gasteiger partial charge in [-0.2, -0.15) is 0 Å². The van der Waals surface area contributed by atoms with E-state index >= 15 is 0 Å². The molecule has 1 saturated carbocycles. The van der Waals surface area contributed by atoms with Crippen LogP contribution in [0.4, 0.5) is 0 Å². The van der Waals surface area contributed by atoms with Crippen molar-refractivity contribution in [2.24, 2.45) is 13.0 Å². The first-order valence-corrected chi connectivity index (χ1v) is 8.09. The highest BCUT2D eigenvalue weighted by atomic mass is 16.5. The van der Waals surface area contributed by atoms with Gasteiger partial charge < -0.3 is 9.30 Å². The Morgan fingerprint density at radius 3 is 2.86 bits per heavy atom. The van der Waals surface area contributed by atoms with E-state index in [9.17, 15) is 4.79 Å². The number of benzene rings is 1. The molecule has 0 radical (unpaired) electrons. The van der Waals surface area contributed by atoms with Gasteiger partial charge in [0.2, 0.25) is 0 Å². The van der Waals surface area contributed by atoms with Crippen molar-refractivity contribution < 1.29 is 4.74 Å². The lowest BCUT2D eigenvalue weighted by molar-refractivity contribution is 0.292. The van der Waals surface area contributed by atoms with E-state index in [0.29, 0.717) is 6.04 Å². The van der Waals surface area contributed by atoms with Crippen LogP contribution in [0.2, 0.25) is 0 Å². The van der Waals surface area contributed by atoms with Crippen LogP contribution >= 0.6 is 0 Å². The molecule has 22 heavy (non-hydrogen) atoms. The van der Waals surface area contributed by atoms with E-state index in [1.54, 1.807) is 10.6 Å². The lowest BCUT2D eigenvalue weighted by Crippen LogP contribution is -2.16. The van der Waals surface area contributed by atoms with Crippen molar-refractivity contribution in [2.75, 3.05) is 19.7 Å². The normalized spacial score (nSPS) is 23.7. The summed E-state index contributed by atoms with van der Waals surface area (Å²) in [6.07, 6.45) is 2.81. The largest absolute Gasteiger partial charge is 0.492 e. The SMILES string of the molecule is Cc1cc(=O)n(C)c2cc(OCC3CN3CC3CC3)ccc12. The van der Waals surface area contributed by atoms with Crippen molar-refractivity contribution in [3.05, 3.63) is 40.2 Å². The van der Waals surface area contributed by atoms with Gasteiger partial charge in [-0.3, -0.25) is 9.69 Å². The zero-order valence-electron chi connectivity index (χ0n) is 13.2. The van der Waals surface area contributed by atoms with Crippen LogP contribution in [0.1, 0.15) is 18.4 Å². The van der Waals surface area contributed by atoms with Gasteiger partial charge in [-0.1, -0.05) is 0 Å². The number of hydrogen-bond donors (Lipinski definition) is 0. The van der Waals surface area contributed by atoms with Crippen LogP contribution in [0.25, 0.3) is 10.9 Å². The van der Waals surface area contributed by atoms with Gasteiger partial charge in [0.25, 0.3) is 5.56 Å². The van der Waals surface area contributed by atoms with Crippen LogP contribution in [0, 0.1) is 12.8 Å². The number of aryl methyl sites for hydroxylation is 2. The maximum atomic E-state index is 11.9. The number of aromatic nitrogens is 1. The molecule has 2 aromatic rings. The van der Waals surface area contributed by atoms with Gasteiger partial charge in [-0.05, 0) is 43.4 Å². The molecule has 2 atom stereocenters. The summed E-state index contributed by atoms with van der Waals surface area (Å²) < 4.78 is 7.63. The highest BCUT2D eigenvalue weighted by molar-refractivity contribution is 5.83. The molecule has 2 unspecified atom stereocenters. The molecule has 1 aliphatic heterocycles. The molecule has 1 saturated heterocycles. The lowest BCUT2D eigenvalue weighted by Gasteiger charge is -2.11. The first-order chi connectivity index (χ1) is 10.6. The minimum atomic E-state index is 0.0277. The summed E-state index contributed by atoms with van der Waals surface area (Å²) in [7, 11) is 1.81. The number of rotatable bonds is 5. The Hall–Kier alpha value is -1.81. The smallest absolute Gasteiger partial charge is 0.251 e. The quantitative estimate of drug-likeness (QED) is 0.795. The average Bonchev–Trinajstić information content (AvgIpc) is 3.42. The van der Waals surface area contributed by atoms with Gasteiger partial charge >= 0.3 is 0 Å². The van der Waals surface area contributed by atoms with Crippen molar-refractivity contribution >= 4 is 10.9 Å². The minimum Gasteiger partial charge on any atom is -0.492 e. The van der Waals surface area contributed by atoms with Crippen molar-refractivity contribution in [1.82, 2.24) is 9.47 Å². The van der Waals surface area contributed by atoms with E-state index in [4.69, 9.17) is 4.74 Å². The van der Waals surface area contributed by atoms with Crippen molar-refractivity contribution in [1.29, 1.82) is 0 Å². The maximum absolute atomic E-state index is 11.9. The van der Waals surface area contributed by atoms with E-state index in [1.165, 1.54) is 25.9 Å². The van der Waals surface area contributed by atoms with Gasteiger partial charge in [0.05, 0.1) is 11.6 Å². The molecule has 2 heterocycles. The summed E-state index contributed by atoms with van der Waals surface area (Å²) in [5.41, 5.74) is 1.98. The molecule has 1 aliphatic carbocycles. The molecule has 0 amide bonds. The standard InChI is InChI=1S/C18H22N2O2/c1-12-7-18(21)19(2)17-8-15(5-6-16(12)17)22-11-14-10-20(14)9-13-3-4-13/h5-8,13-14H,3-4,9-11H2,1-2H3. The Bertz CT molecular complexity index is 776. The third kappa shape index (κ3) is 2.63. The van der Waals surface area contributed by atoms with Gasteiger partial charge in [0.15, 0.2) is 0 Å². The average molecular weight is 298 g/mol. The third-order valence-electron chi connectivity index (χ3n) is 4.89. The Morgan fingerprint density at radius 1 is 1.27 bits per heavy atom. The molecule has 2 aliphatic rings. The van der Waals surface area contributed by atoms with Crippen LogP contribution in [0.3, 0.4) is 0 Å². The highest BCUT2D eigenvalue weighted by Crippen LogP contribution is 2.33. The van der Waals surface area contributed by atoms with Crippen LogP contribution < -0.4 is 10.3 Å². The molecular formula is C18H22N2O2. The zero-order valence-corrected chi connectivity index (χ0v) is 13.2. The van der Waals surface area contributed by atoms with Crippen LogP contribution in [-0.4, -0.2) is 35.2 Å². The van der Waals surface area contributed by atoms with E-state index in [-0.39, 0.29) is 5.56 Å². The molecule has 4 rings (SSSR count). The predicted octanol–water partition coefficient (Wildman–Crippen LogP) is 2.32. The van der Waals surface area contributed by atoms with Crippen LogP contribution in [0.5, 0.6) is 5.75 Å². The Kier molecular flexibility index (Phi) is 3.22. The van der Waals surface area contributed by atoms with Gasteiger partial charge in [0.1, 0.15) is 12.4 Å². The molecule has 2 fully saturated rings. The maximum Gasteiger partial charge on any atom is 0.251 e. The summed E-state index contributed by atoms with van der Waals surface area (Å²) in [4.78, 5) is 14.4. The second-order valence-electron chi connectivity index (χ2n) is 6.77. The number of ether oxygens (including phenoxy) is 1. The number of nitrogens with zero attached hydrogens (tertiary/aromatic N) is 2. The first kappa shape index (κ1) is 13.8. The molecule has 1 aromatic carbocycles. The minimum absolute atomic E-state index is 0.0277. The fourth-order valence-corrected chi connectivity index (χ4v) is 3.12. The second-order valence-corrected chi connectivity index (χ2v) is 6.77. The van der Waals surface area contributed by atoms with Crippen molar-refractivity contribution in [2.45, 2.75) is 25.8 Å². The van der Waals surface area contributed by atoms with Gasteiger partial charge in [0, 0.05) is 37.7 Å². The summed E-state index contributed by atoms with van der Waals surface area (Å²) in [5, 5.41) is 1.11. The third-order valence-corrected chi connectivity index (χ3v) is 4.89. The summed E-state index contributed by atoms with van der Waals surface area (Å²) in [6.45, 7) is 5.14. The van der Waals surface area contributed by atoms with E-state index in [1.807, 2.05) is 32.2 Å².